The molecule has 0 bridgehead atoms. The highest BCUT2D eigenvalue weighted by atomic mass is 35.5. The summed E-state index contributed by atoms with van der Waals surface area (Å²) < 4.78 is 0. The number of anilines is 1. The molecular weight excluding hydrogens is 266 g/mol. The van der Waals surface area contributed by atoms with Gasteiger partial charge >= 0.3 is 5.97 Å². The summed E-state index contributed by atoms with van der Waals surface area (Å²) >= 11 is 6.05. The van der Waals surface area contributed by atoms with Gasteiger partial charge in [-0.3, -0.25) is 0 Å². The van der Waals surface area contributed by atoms with E-state index in [1.807, 2.05) is 6.92 Å². The maximum absolute atomic E-state index is 11.0. The molecule has 1 aliphatic rings. The van der Waals surface area contributed by atoms with Gasteiger partial charge in [-0.1, -0.05) is 11.6 Å². The zero-order chi connectivity index (χ0) is 13.8. The molecule has 5 nitrogen and oxygen atoms in total. The van der Waals surface area contributed by atoms with E-state index in [4.69, 9.17) is 16.7 Å². The van der Waals surface area contributed by atoms with E-state index in [-0.39, 0.29) is 16.6 Å². The van der Waals surface area contributed by atoms with Gasteiger partial charge in [0.05, 0.1) is 10.6 Å². The van der Waals surface area contributed by atoms with Gasteiger partial charge in [0.25, 0.3) is 0 Å². The first-order valence-electron chi connectivity index (χ1n) is 6.44. The van der Waals surface area contributed by atoms with E-state index in [1.54, 1.807) is 0 Å². The monoisotopic (exact) mass is 283 g/mol. The van der Waals surface area contributed by atoms with Gasteiger partial charge in [0, 0.05) is 18.8 Å². The third-order valence-electron chi connectivity index (χ3n) is 3.23. The fraction of sp³-hybridized carbons (Fsp3) is 0.538. The van der Waals surface area contributed by atoms with Crippen LogP contribution in [0.25, 0.3) is 0 Å². The Hall–Kier alpha value is -1.33. The van der Waals surface area contributed by atoms with Crippen LogP contribution < -0.4 is 5.32 Å². The fourth-order valence-electron chi connectivity index (χ4n) is 2.34. The van der Waals surface area contributed by atoms with Crippen molar-refractivity contribution in [2.24, 2.45) is 0 Å². The number of hydrogen-bond donors (Lipinski definition) is 2. The van der Waals surface area contributed by atoms with E-state index in [0.29, 0.717) is 5.82 Å². The average Bonchev–Trinajstić information content (AvgIpc) is 2.84. The summed E-state index contributed by atoms with van der Waals surface area (Å²) in [6.07, 6.45) is 3.96. The van der Waals surface area contributed by atoms with Crippen molar-refractivity contribution in [3.05, 3.63) is 22.8 Å². The molecule has 19 heavy (non-hydrogen) atoms. The van der Waals surface area contributed by atoms with Crippen molar-refractivity contribution in [3.8, 4) is 0 Å². The van der Waals surface area contributed by atoms with Gasteiger partial charge in [-0.15, -0.1) is 0 Å². The molecule has 1 aromatic heterocycles. The first-order chi connectivity index (χ1) is 9.08. The molecule has 1 unspecified atom stereocenters. The fourth-order valence-corrected chi connectivity index (χ4v) is 2.59. The Morgan fingerprint density at radius 3 is 2.89 bits per heavy atom. The van der Waals surface area contributed by atoms with Crippen molar-refractivity contribution in [1.82, 2.24) is 9.88 Å². The van der Waals surface area contributed by atoms with Crippen molar-refractivity contribution >= 4 is 23.4 Å². The highest BCUT2D eigenvalue weighted by molar-refractivity contribution is 6.35. The van der Waals surface area contributed by atoms with Crippen LogP contribution in [0.2, 0.25) is 5.02 Å². The van der Waals surface area contributed by atoms with Gasteiger partial charge in [-0.2, -0.15) is 0 Å². The van der Waals surface area contributed by atoms with Gasteiger partial charge in [0.1, 0.15) is 5.82 Å². The lowest BCUT2D eigenvalue weighted by molar-refractivity contribution is 0.0697. The van der Waals surface area contributed by atoms with Gasteiger partial charge in [0.2, 0.25) is 0 Å². The van der Waals surface area contributed by atoms with Crippen LogP contribution >= 0.6 is 11.6 Å². The third kappa shape index (κ3) is 3.58. The van der Waals surface area contributed by atoms with Crippen molar-refractivity contribution in [3.63, 3.8) is 0 Å². The average molecular weight is 284 g/mol. The van der Waals surface area contributed by atoms with Crippen molar-refractivity contribution in [2.75, 3.05) is 25.0 Å². The topological polar surface area (TPSA) is 65.5 Å². The summed E-state index contributed by atoms with van der Waals surface area (Å²) in [5.41, 5.74) is 0.0764. The highest BCUT2D eigenvalue weighted by Gasteiger charge is 2.17. The van der Waals surface area contributed by atoms with Crippen LogP contribution in [0, 0.1) is 0 Å². The number of rotatable bonds is 5. The Kier molecular flexibility index (Phi) is 4.61. The minimum Gasteiger partial charge on any atom is -0.478 e. The largest absolute Gasteiger partial charge is 0.478 e. The molecule has 1 aliphatic heterocycles. The zero-order valence-electron chi connectivity index (χ0n) is 10.9. The number of likely N-dealkylation sites (tertiary alicyclic amines) is 1. The first kappa shape index (κ1) is 14.1. The molecule has 2 heterocycles. The molecule has 0 spiro atoms. The Bertz CT molecular complexity index is 461. The van der Waals surface area contributed by atoms with Crippen LogP contribution in [0.4, 0.5) is 5.82 Å². The van der Waals surface area contributed by atoms with Crippen molar-refractivity contribution < 1.29 is 9.90 Å². The van der Waals surface area contributed by atoms with Crippen LogP contribution in [-0.4, -0.2) is 46.6 Å². The van der Waals surface area contributed by atoms with E-state index in [9.17, 15) is 4.79 Å². The van der Waals surface area contributed by atoms with Gasteiger partial charge in [-0.05, 0) is 38.9 Å². The Morgan fingerprint density at radius 2 is 2.26 bits per heavy atom. The van der Waals surface area contributed by atoms with Gasteiger partial charge < -0.3 is 15.3 Å². The summed E-state index contributed by atoms with van der Waals surface area (Å²) in [5, 5.41) is 12.4. The molecule has 104 valence electrons. The van der Waals surface area contributed by atoms with Crippen LogP contribution in [0.15, 0.2) is 12.3 Å². The number of aromatic nitrogens is 1. The molecule has 1 aromatic rings. The Morgan fingerprint density at radius 1 is 1.58 bits per heavy atom. The summed E-state index contributed by atoms with van der Waals surface area (Å²) in [7, 11) is 0. The van der Waals surface area contributed by atoms with Crippen molar-refractivity contribution in [1.29, 1.82) is 0 Å². The molecule has 2 N–H and O–H groups in total. The van der Waals surface area contributed by atoms with E-state index in [2.05, 4.69) is 15.2 Å². The number of aromatic carboxylic acids is 1. The smallest absolute Gasteiger partial charge is 0.337 e. The molecular formula is C13H18ClN3O2. The van der Waals surface area contributed by atoms with E-state index < -0.39 is 5.97 Å². The van der Waals surface area contributed by atoms with Crippen LogP contribution in [0.3, 0.4) is 0 Å². The predicted molar refractivity (Wildman–Crippen MR) is 75.0 cm³/mol. The summed E-state index contributed by atoms with van der Waals surface area (Å²) in [6.45, 7) is 5.21. The number of pyridine rings is 1. The van der Waals surface area contributed by atoms with Gasteiger partial charge in [-0.25, -0.2) is 9.78 Å². The first-order valence-corrected chi connectivity index (χ1v) is 6.82. The van der Waals surface area contributed by atoms with E-state index in [1.165, 1.54) is 25.1 Å². The van der Waals surface area contributed by atoms with Crippen LogP contribution in [0.5, 0.6) is 0 Å². The quantitative estimate of drug-likeness (QED) is 0.868. The molecule has 1 atom stereocenters. The summed E-state index contributed by atoms with van der Waals surface area (Å²) in [6, 6.07) is 1.58. The molecule has 6 heteroatoms. The molecule has 0 amide bonds. The molecule has 1 fully saturated rings. The number of carbonyl (C=O) groups is 1. The van der Waals surface area contributed by atoms with Gasteiger partial charge in [0.15, 0.2) is 0 Å². The summed E-state index contributed by atoms with van der Waals surface area (Å²) in [4.78, 5) is 17.5. The molecule has 1 saturated heterocycles. The minimum atomic E-state index is -1.04. The third-order valence-corrected chi connectivity index (χ3v) is 3.62. The second-order valence-electron chi connectivity index (χ2n) is 4.88. The maximum Gasteiger partial charge on any atom is 0.337 e. The summed E-state index contributed by atoms with van der Waals surface area (Å²) in [5.74, 6) is -0.601. The maximum atomic E-state index is 11.0. The van der Waals surface area contributed by atoms with Crippen LogP contribution in [-0.2, 0) is 0 Å². The normalized spacial score (nSPS) is 17.4. The molecule has 0 saturated carbocycles. The van der Waals surface area contributed by atoms with E-state index in [0.717, 1.165) is 19.6 Å². The molecule has 0 aromatic carbocycles. The lowest BCUT2D eigenvalue weighted by atomic mass is 10.2. The minimum absolute atomic E-state index is 0.0764. The number of nitrogens with zero attached hydrogens (tertiary/aromatic N) is 2. The second kappa shape index (κ2) is 6.21. The number of carboxylic acid groups (broad SMARTS) is 1. The number of carboxylic acids is 1. The standard InChI is InChI=1S/C13H18ClN3O2/c1-9(8-17-6-2-3-7-17)16-12-11(14)10(13(18)19)4-5-15-12/h4-5,9H,2-3,6-8H2,1H3,(H,15,16)(H,18,19). The van der Waals surface area contributed by atoms with E-state index >= 15 is 0 Å². The second-order valence-corrected chi connectivity index (χ2v) is 5.26. The highest BCUT2D eigenvalue weighted by Crippen LogP contribution is 2.24. The van der Waals surface area contributed by atoms with Crippen LogP contribution in [0.1, 0.15) is 30.1 Å². The lowest BCUT2D eigenvalue weighted by Crippen LogP contribution is -2.33. The molecule has 0 radical (unpaired) electrons. The number of nitrogens with one attached hydrogen (secondary N) is 1. The Labute approximate surface area is 117 Å². The van der Waals surface area contributed by atoms with Crippen molar-refractivity contribution in [2.45, 2.75) is 25.8 Å². The number of hydrogen-bond acceptors (Lipinski definition) is 4. The lowest BCUT2D eigenvalue weighted by Gasteiger charge is -2.22. The SMILES string of the molecule is CC(CN1CCCC1)Nc1nccc(C(=O)O)c1Cl. The predicted octanol–water partition coefficient (Wildman–Crippen LogP) is 2.33. The molecule has 2 rings (SSSR count). The number of halogens is 1. The molecule has 0 aliphatic carbocycles. The zero-order valence-corrected chi connectivity index (χ0v) is 11.7. The Balaban J connectivity index is 2.01.